The molecule has 17 heavy (non-hydrogen) atoms. The molecule has 0 amide bonds. The van der Waals surface area contributed by atoms with E-state index in [0.29, 0.717) is 18.5 Å². The maximum absolute atomic E-state index is 11.6. The molecule has 7 heteroatoms. The van der Waals surface area contributed by atoms with Crippen molar-refractivity contribution in [3.05, 3.63) is 39.9 Å². The van der Waals surface area contributed by atoms with Crippen molar-refractivity contribution in [2.45, 2.75) is 13.0 Å². The van der Waals surface area contributed by atoms with Crippen LogP contribution in [-0.2, 0) is 16.6 Å². The van der Waals surface area contributed by atoms with Gasteiger partial charge in [-0.2, -0.15) is 4.31 Å². The maximum Gasteiger partial charge on any atom is 0.269 e. The van der Waals surface area contributed by atoms with Gasteiger partial charge in [-0.1, -0.05) is 12.1 Å². The van der Waals surface area contributed by atoms with E-state index >= 15 is 0 Å². The predicted molar refractivity (Wildman–Crippen MR) is 61.9 cm³/mol. The molecule has 1 aromatic carbocycles. The lowest BCUT2D eigenvalue weighted by Crippen LogP contribution is -2.25. The first-order valence-corrected chi connectivity index (χ1v) is 6.81. The zero-order valence-corrected chi connectivity index (χ0v) is 9.89. The molecule has 1 saturated heterocycles. The van der Waals surface area contributed by atoms with Crippen LogP contribution in [0.4, 0.5) is 5.69 Å². The fraction of sp³-hybridized carbons (Fsp3) is 0.400. The number of nitro groups is 1. The van der Waals surface area contributed by atoms with E-state index in [4.69, 9.17) is 0 Å². The lowest BCUT2D eigenvalue weighted by Gasteiger charge is -2.13. The highest BCUT2D eigenvalue weighted by molar-refractivity contribution is 7.89. The molecule has 0 atom stereocenters. The first-order chi connectivity index (χ1) is 7.99. The third-order valence-corrected chi connectivity index (χ3v) is 4.59. The zero-order chi connectivity index (χ0) is 12.5. The van der Waals surface area contributed by atoms with Crippen LogP contribution >= 0.6 is 0 Å². The van der Waals surface area contributed by atoms with Crippen LogP contribution in [0, 0.1) is 10.1 Å². The van der Waals surface area contributed by atoms with Crippen molar-refractivity contribution in [2.24, 2.45) is 0 Å². The van der Waals surface area contributed by atoms with Gasteiger partial charge >= 0.3 is 0 Å². The average Bonchev–Trinajstić information content (AvgIpc) is 2.59. The summed E-state index contributed by atoms with van der Waals surface area (Å²) in [5.74, 6) is 0.169. The topological polar surface area (TPSA) is 80.5 Å². The third-order valence-electron chi connectivity index (χ3n) is 2.68. The molecule has 1 heterocycles. The monoisotopic (exact) mass is 256 g/mol. The molecule has 0 aliphatic carbocycles. The van der Waals surface area contributed by atoms with Crippen LogP contribution in [0.5, 0.6) is 0 Å². The number of nitrogens with zero attached hydrogens (tertiary/aromatic N) is 2. The van der Waals surface area contributed by atoms with Crippen molar-refractivity contribution in [2.75, 3.05) is 12.3 Å². The van der Waals surface area contributed by atoms with Gasteiger partial charge in [0.25, 0.3) is 5.69 Å². The number of nitro benzene ring substituents is 1. The lowest BCUT2D eigenvalue weighted by molar-refractivity contribution is -0.384. The summed E-state index contributed by atoms with van der Waals surface area (Å²) < 4.78 is 24.5. The second kappa shape index (κ2) is 4.42. The first-order valence-electron chi connectivity index (χ1n) is 5.20. The third kappa shape index (κ3) is 2.62. The first kappa shape index (κ1) is 12.0. The maximum atomic E-state index is 11.6. The molecule has 0 N–H and O–H groups in total. The highest BCUT2D eigenvalue weighted by atomic mass is 32.2. The van der Waals surface area contributed by atoms with Gasteiger partial charge in [0.2, 0.25) is 10.0 Å². The molecule has 92 valence electrons. The molecule has 6 nitrogen and oxygen atoms in total. The standard InChI is InChI=1S/C10H12N2O4S/c13-12(14)10-4-1-3-9(7-10)8-11-5-2-6-17(11,15)16/h1,3-4,7H,2,5-6,8H2. The molecule has 0 aromatic heterocycles. The van der Waals surface area contributed by atoms with Gasteiger partial charge in [-0.15, -0.1) is 0 Å². The lowest BCUT2D eigenvalue weighted by atomic mass is 10.2. The number of benzene rings is 1. The summed E-state index contributed by atoms with van der Waals surface area (Å²) in [7, 11) is -3.15. The van der Waals surface area contributed by atoms with E-state index in [1.54, 1.807) is 12.1 Å². The second-order valence-corrected chi connectivity index (χ2v) is 6.02. The quantitative estimate of drug-likeness (QED) is 0.599. The molecule has 0 saturated carbocycles. The molecule has 0 radical (unpaired) electrons. The van der Waals surface area contributed by atoms with E-state index in [1.165, 1.54) is 16.4 Å². The molecular weight excluding hydrogens is 244 g/mol. The molecular formula is C10H12N2O4S. The Labute approximate surface area is 99.1 Å². The smallest absolute Gasteiger partial charge is 0.258 e. The van der Waals surface area contributed by atoms with E-state index < -0.39 is 14.9 Å². The van der Waals surface area contributed by atoms with Gasteiger partial charge in [0.05, 0.1) is 10.7 Å². The van der Waals surface area contributed by atoms with Crippen LogP contribution < -0.4 is 0 Å². The van der Waals surface area contributed by atoms with Gasteiger partial charge < -0.3 is 0 Å². The predicted octanol–water partition coefficient (Wildman–Crippen LogP) is 1.13. The minimum Gasteiger partial charge on any atom is -0.258 e. The zero-order valence-electron chi connectivity index (χ0n) is 9.07. The number of hydrogen-bond donors (Lipinski definition) is 0. The molecule has 1 aliphatic rings. The van der Waals surface area contributed by atoms with Crippen LogP contribution in [0.2, 0.25) is 0 Å². The minimum absolute atomic E-state index is 0.0147. The summed E-state index contributed by atoms with van der Waals surface area (Å²) >= 11 is 0. The molecule has 0 bridgehead atoms. The van der Waals surface area contributed by atoms with Crippen LogP contribution in [0.25, 0.3) is 0 Å². The summed E-state index contributed by atoms with van der Waals surface area (Å²) in [6.45, 7) is 0.703. The van der Waals surface area contributed by atoms with Gasteiger partial charge in [-0.3, -0.25) is 10.1 Å². The highest BCUT2D eigenvalue weighted by Crippen LogP contribution is 2.19. The van der Waals surface area contributed by atoms with E-state index in [2.05, 4.69) is 0 Å². The number of non-ortho nitro benzene ring substituents is 1. The van der Waals surface area contributed by atoms with Gasteiger partial charge in [0.1, 0.15) is 0 Å². The SMILES string of the molecule is O=[N+]([O-])c1cccc(CN2CCCS2(=O)=O)c1. The van der Waals surface area contributed by atoms with Crippen molar-refractivity contribution in [1.82, 2.24) is 4.31 Å². The Bertz CT molecular complexity index is 541. The number of hydrogen-bond acceptors (Lipinski definition) is 4. The summed E-state index contributed by atoms with van der Waals surface area (Å²) in [6.07, 6.45) is 0.622. The number of rotatable bonds is 3. The van der Waals surface area contributed by atoms with Crippen molar-refractivity contribution >= 4 is 15.7 Å². The fourth-order valence-corrected chi connectivity index (χ4v) is 3.35. The van der Waals surface area contributed by atoms with Crippen molar-refractivity contribution in [3.8, 4) is 0 Å². The Morgan fingerprint density at radius 1 is 1.41 bits per heavy atom. The van der Waals surface area contributed by atoms with E-state index in [1.807, 2.05) is 0 Å². The highest BCUT2D eigenvalue weighted by Gasteiger charge is 2.28. The molecule has 1 aliphatic heterocycles. The van der Waals surface area contributed by atoms with Gasteiger partial charge in [-0.25, -0.2) is 8.42 Å². The van der Waals surface area contributed by atoms with Gasteiger partial charge in [0.15, 0.2) is 0 Å². The van der Waals surface area contributed by atoms with Crippen LogP contribution in [0.1, 0.15) is 12.0 Å². The van der Waals surface area contributed by atoms with Gasteiger partial charge in [0, 0.05) is 25.2 Å². The van der Waals surface area contributed by atoms with Crippen molar-refractivity contribution in [3.63, 3.8) is 0 Å². The summed E-state index contributed by atoms with van der Waals surface area (Å²) in [6, 6.07) is 6.06. The molecule has 1 fully saturated rings. The molecule has 1 aromatic rings. The molecule has 2 rings (SSSR count). The summed E-state index contributed by atoms with van der Waals surface area (Å²) in [4.78, 5) is 10.1. The Balaban J connectivity index is 2.19. The summed E-state index contributed by atoms with van der Waals surface area (Å²) in [5.41, 5.74) is 0.628. The van der Waals surface area contributed by atoms with Gasteiger partial charge in [-0.05, 0) is 12.0 Å². The van der Waals surface area contributed by atoms with Crippen molar-refractivity contribution < 1.29 is 13.3 Å². The van der Waals surface area contributed by atoms with E-state index in [0.717, 1.165) is 0 Å². The fourth-order valence-electron chi connectivity index (χ4n) is 1.84. The molecule has 0 spiro atoms. The average molecular weight is 256 g/mol. The largest absolute Gasteiger partial charge is 0.269 e. The second-order valence-electron chi connectivity index (χ2n) is 3.93. The summed E-state index contributed by atoms with van der Waals surface area (Å²) in [5, 5.41) is 10.6. The van der Waals surface area contributed by atoms with E-state index in [9.17, 15) is 18.5 Å². The Hall–Kier alpha value is -1.47. The van der Waals surface area contributed by atoms with E-state index in [-0.39, 0.29) is 18.0 Å². The van der Waals surface area contributed by atoms with Crippen LogP contribution in [0.15, 0.2) is 24.3 Å². The van der Waals surface area contributed by atoms with Crippen LogP contribution in [0.3, 0.4) is 0 Å². The van der Waals surface area contributed by atoms with Crippen LogP contribution in [-0.4, -0.2) is 29.9 Å². The Morgan fingerprint density at radius 2 is 2.18 bits per heavy atom. The Morgan fingerprint density at radius 3 is 2.76 bits per heavy atom. The Kier molecular flexibility index (Phi) is 3.12. The number of sulfonamides is 1. The normalized spacial score (nSPS) is 19.3. The van der Waals surface area contributed by atoms with Crippen molar-refractivity contribution in [1.29, 1.82) is 0 Å². The minimum atomic E-state index is -3.15. The molecule has 0 unspecified atom stereocenters.